The number of amides is 2. The molecule has 5 nitrogen and oxygen atoms in total. The first kappa shape index (κ1) is 20.6. The molecule has 0 saturated carbocycles. The largest absolute Gasteiger partial charge is 0.494 e. The fourth-order valence-electron chi connectivity index (χ4n) is 3.38. The van der Waals surface area contributed by atoms with Gasteiger partial charge in [-0.05, 0) is 42.2 Å². The lowest BCUT2D eigenvalue weighted by Crippen LogP contribution is -2.36. The minimum atomic E-state index is -0.253. The van der Waals surface area contributed by atoms with Gasteiger partial charge < -0.3 is 9.64 Å². The third kappa shape index (κ3) is 4.34. The van der Waals surface area contributed by atoms with Crippen molar-refractivity contribution in [3.8, 4) is 5.75 Å². The standard InChI is InChI=1S/C24H28N2O3/c1-5-15-29-20-13-11-18(12-14-20)21-22(25(4)19-9-7-6-8-10-19)24(28)26(23(21)27)16-17(2)3/h6-14,17H,5,15-16H2,1-4H3. The van der Waals surface area contributed by atoms with E-state index in [1.54, 1.807) is 4.90 Å². The van der Waals surface area contributed by atoms with Crippen molar-refractivity contribution < 1.29 is 14.3 Å². The van der Waals surface area contributed by atoms with Gasteiger partial charge in [-0.3, -0.25) is 14.5 Å². The predicted octanol–water partition coefficient (Wildman–Crippen LogP) is 4.35. The van der Waals surface area contributed by atoms with Crippen LogP contribution in [0, 0.1) is 5.92 Å². The second kappa shape index (κ2) is 8.95. The van der Waals surface area contributed by atoms with Crippen LogP contribution in [-0.4, -0.2) is 36.9 Å². The molecule has 1 aliphatic rings. The fraction of sp³-hybridized carbons (Fsp3) is 0.333. The van der Waals surface area contributed by atoms with Gasteiger partial charge in [-0.2, -0.15) is 0 Å². The van der Waals surface area contributed by atoms with Crippen molar-refractivity contribution in [2.24, 2.45) is 5.92 Å². The molecule has 0 aliphatic carbocycles. The van der Waals surface area contributed by atoms with Crippen molar-refractivity contribution in [1.29, 1.82) is 0 Å². The minimum absolute atomic E-state index is 0.190. The lowest BCUT2D eigenvalue weighted by molar-refractivity contribution is -0.137. The van der Waals surface area contributed by atoms with E-state index in [1.807, 2.05) is 75.5 Å². The van der Waals surface area contributed by atoms with E-state index >= 15 is 0 Å². The first-order valence-electron chi connectivity index (χ1n) is 10.1. The summed E-state index contributed by atoms with van der Waals surface area (Å²) in [5, 5.41) is 0. The summed E-state index contributed by atoms with van der Waals surface area (Å²) in [7, 11) is 1.83. The summed E-state index contributed by atoms with van der Waals surface area (Å²) in [6.45, 7) is 7.09. The highest BCUT2D eigenvalue weighted by atomic mass is 16.5. The molecule has 1 heterocycles. The molecule has 0 spiro atoms. The van der Waals surface area contributed by atoms with Crippen molar-refractivity contribution in [2.45, 2.75) is 27.2 Å². The van der Waals surface area contributed by atoms with Crippen molar-refractivity contribution in [3.05, 3.63) is 65.9 Å². The summed E-state index contributed by atoms with van der Waals surface area (Å²) >= 11 is 0. The van der Waals surface area contributed by atoms with E-state index in [-0.39, 0.29) is 17.7 Å². The number of hydrogen-bond donors (Lipinski definition) is 0. The third-order valence-electron chi connectivity index (χ3n) is 4.79. The molecule has 0 unspecified atom stereocenters. The number of hydrogen-bond acceptors (Lipinski definition) is 4. The first-order valence-corrected chi connectivity index (χ1v) is 10.1. The van der Waals surface area contributed by atoms with E-state index in [1.165, 1.54) is 4.90 Å². The van der Waals surface area contributed by atoms with E-state index in [0.717, 1.165) is 23.4 Å². The minimum Gasteiger partial charge on any atom is -0.494 e. The Labute approximate surface area is 172 Å². The van der Waals surface area contributed by atoms with Crippen LogP contribution < -0.4 is 9.64 Å². The number of carbonyl (C=O) groups is 2. The van der Waals surface area contributed by atoms with Crippen molar-refractivity contribution >= 4 is 23.1 Å². The molecule has 2 amide bonds. The highest BCUT2D eigenvalue weighted by Gasteiger charge is 2.41. The maximum atomic E-state index is 13.2. The summed E-state index contributed by atoms with van der Waals surface area (Å²) in [6, 6.07) is 17.0. The highest BCUT2D eigenvalue weighted by Crippen LogP contribution is 2.34. The molecule has 29 heavy (non-hydrogen) atoms. The molecule has 0 fully saturated rings. The van der Waals surface area contributed by atoms with Crippen LogP contribution >= 0.6 is 0 Å². The van der Waals surface area contributed by atoms with Gasteiger partial charge in [0.05, 0.1) is 12.2 Å². The number of benzene rings is 2. The number of carbonyl (C=O) groups excluding carboxylic acids is 2. The molecule has 0 saturated heterocycles. The van der Waals surface area contributed by atoms with E-state index < -0.39 is 0 Å². The predicted molar refractivity (Wildman–Crippen MR) is 116 cm³/mol. The van der Waals surface area contributed by atoms with Gasteiger partial charge in [0.25, 0.3) is 11.8 Å². The molecule has 152 valence electrons. The molecule has 2 aromatic rings. The second-order valence-corrected chi connectivity index (χ2v) is 7.61. The Morgan fingerprint density at radius 2 is 1.62 bits per heavy atom. The zero-order chi connectivity index (χ0) is 21.0. The highest BCUT2D eigenvalue weighted by molar-refractivity contribution is 6.36. The zero-order valence-electron chi connectivity index (χ0n) is 17.5. The summed E-state index contributed by atoms with van der Waals surface area (Å²) in [5.41, 5.74) is 2.42. The number of ether oxygens (including phenoxy) is 1. The number of anilines is 1. The Morgan fingerprint density at radius 1 is 0.966 bits per heavy atom. The Morgan fingerprint density at radius 3 is 2.21 bits per heavy atom. The molecule has 0 bridgehead atoms. The van der Waals surface area contributed by atoms with Gasteiger partial charge >= 0.3 is 0 Å². The van der Waals surface area contributed by atoms with Crippen LogP contribution in [-0.2, 0) is 9.59 Å². The lowest BCUT2D eigenvalue weighted by Gasteiger charge is -2.22. The molecular formula is C24H28N2O3. The van der Waals surface area contributed by atoms with E-state index in [2.05, 4.69) is 6.92 Å². The van der Waals surface area contributed by atoms with Crippen molar-refractivity contribution in [3.63, 3.8) is 0 Å². The van der Waals surface area contributed by atoms with Gasteiger partial charge in [0.2, 0.25) is 0 Å². The molecule has 0 aromatic heterocycles. The second-order valence-electron chi connectivity index (χ2n) is 7.61. The molecule has 2 aromatic carbocycles. The Bertz CT molecular complexity index is 901. The monoisotopic (exact) mass is 392 g/mol. The van der Waals surface area contributed by atoms with Gasteiger partial charge in [0.15, 0.2) is 0 Å². The SMILES string of the molecule is CCCOc1ccc(C2=C(N(C)c3ccccc3)C(=O)N(CC(C)C)C2=O)cc1. The number of imide groups is 1. The summed E-state index contributed by atoms with van der Waals surface area (Å²) < 4.78 is 5.65. The van der Waals surface area contributed by atoms with E-state index in [9.17, 15) is 9.59 Å². The van der Waals surface area contributed by atoms with Gasteiger partial charge in [-0.25, -0.2) is 0 Å². The van der Waals surface area contributed by atoms with Gasteiger partial charge in [0.1, 0.15) is 11.4 Å². The van der Waals surface area contributed by atoms with E-state index in [0.29, 0.717) is 24.4 Å². The average Bonchev–Trinajstić information content (AvgIpc) is 2.97. The smallest absolute Gasteiger partial charge is 0.278 e. The molecule has 0 N–H and O–H groups in total. The molecule has 5 heteroatoms. The van der Waals surface area contributed by atoms with Crippen LogP contribution in [0.5, 0.6) is 5.75 Å². The Kier molecular flexibility index (Phi) is 6.37. The Balaban J connectivity index is 2.04. The molecule has 0 radical (unpaired) electrons. The zero-order valence-corrected chi connectivity index (χ0v) is 17.5. The summed E-state index contributed by atoms with van der Waals surface area (Å²) in [6.07, 6.45) is 0.927. The summed E-state index contributed by atoms with van der Waals surface area (Å²) in [4.78, 5) is 29.6. The van der Waals surface area contributed by atoms with Crippen LogP contribution in [0.3, 0.4) is 0 Å². The van der Waals surface area contributed by atoms with Crippen molar-refractivity contribution in [1.82, 2.24) is 4.90 Å². The van der Waals surface area contributed by atoms with Crippen LogP contribution in [0.2, 0.25) is 0 Å². The molecule has 3 rings (SSSR count). The van der Waals surface area contributed by atoms with Crippen molar-refractivity contribution in [2.75, 3.05) is 25.1 Å². The molecule has 1 aliphatic heterocycles. The quantitative estimate of drug-likeness (QED) is 0.627. The van der Waals surface area contributed by atoms with E-state index in [4.69, 9.17) is 4.74 Å². The number of nitrogens with zero attached hydrogens (tertiary/aromatic N) is 2. The topological polar surface area (TPSA) is 49.9 Å². The average molecular weight is 392 g/mol. The van der Waals surface area contributed by atoms with Gasteiger partial charge in [-0.1, -0.05) is 51.1 Å². The summed E-state index contributed by atoms with van der Waals surface area (Å²) in [5.74, 6) is 0.445. The number of likely N-dealkylation sites (N-methyl/N-ethyl adjacent to an activating group) is 1. The Hall–Kier alpha value is -3.08. The normalized spacial score (nSPS) is 14.2. The lowest BCUT2D eigenvalue weighted by atomic mass is 10.0. The van der Waals surface area contributed by atoms with Gasteiger partial charge in [-0.15, -0.1) is 0 Å². The number of rotatable bonds is 8. The maximum absolute atomic E-state index is 13.2. The maximum Gasteiger partial charge on any atom is 0.278 e. The third-order valence-corrected chi connectivity index (χ3v) is 4.79. The fourth-order valence-corrected chi connectivity index (χ4v) is 3.38. The van der Waals surface area contributed by atoms with Crippen LogP contribution in [0.15, 0.2) is 60.3 Å². The van der Waals surface area contributed by atoms with Crippen LogP contribution in [0.25, 0.3) is 5.57 Å². The number of para-hydroxylation sites is 1. The van der Waals surface area contributed by atoms with Crippen LogP contribution in [0.4, 0.5) is 5.69 Å². The molecular weight excluding hydrogens is 364 g/mol. The first-order chi connectivity index (χ1) is 13.9. The molecule has 0 atom stereocenters. The van der Waals surface area contributed by atoms with Gasteiger partial charge in [0, 0.05) is 19.3 Å². The van der Waals surface area contributed by atoms with Crippen LogP contribution in [0.1, 0.15) is 32.8 Å².